The van der Waals surface area contributed by atoms with Gasteiger partial charge in [-0.2, -0.15) is 0 Å². The molecule has 0 aromatic carbocycles. The van der Waals surface area contributed by atoms with Crippen LogP contribution < -0.4 is 21.9 Å². The average Bonchev–Trinajstić information content (AvgIpc) is 3.46. The first-order valence-corrected chi connectivity index (χ1v) is 9.23. The highest BCUT2D eigenvalue weighted by molar-refractivity contribution is 6.05. The fraction of sp³-hybridized carbons (Fsp3) is 0.556. The number of fused-ring (bicyclic) bond motifs is 1. The van der Waals surface area contributed by atoms with Crippen molar-refractivity contribution in [1.82, 2.24) is 25.2 Å². The van der Waals surface area contributed by atoms with Crippen LogP contribution in [0.3, 0.4) is 0 Å². The van der Waals surface area contributed by atoms with Gasteiger partial charge in [0.25, 0.3) is 11.5 Å². The molecule has 1 fully saturated rings. The molecule has 2 heterocycles. The first-order valence-electron chi connectivity index (χ1n) is 9.23. The Hall–Kier alpha value is -2.19. The van der Waals surface area contributed by atoms with Crippen molar-refractivity contribution < 1.29 is 4.79 Å². The van der Waals surface area contributed by atoms with Gasteiger partial charge in [-0.3, -0.25) is 19.1 Å². The number of aromatic amines is 1. The van der Waals surface area contributed by atoms with E-state index in [4.69, 9.17) is 0 Å². The molecule has 0 spiro atoms. The summed E-state index contributed by atoms with van der Waals surface area (Å²) >= 11 is 0. The molecular weight excluding hydrogens is 370 g/mol. The number of nitrogens with one attached hydrogen (secondary N) is 3. The van der Waals surface area contributed by atoms with Gasteiger partial charge in [0.15, 0.2) is 5.65 Å². The molecule has 2 aromatic heterocycles. The molecular formula is C18H26ClN5O3. The van der Waals surface area contributed by atoms with Crippen molar-refractivity contribution in [3.8, 4) is 0 Å². The lowest BCUT2D eigenvalue weighted by Gasteiger charge is -2.13. The Morgan fingerprint density at radius 1 is 1.30 bits per heavy atom. The predicted molar refractivity (Wildman–Crippen MR) is 107 cm³/mol. The third-order valence-corrected chi connectivity index (χ3v) is 4.49. The third-order valence-electron chi connectivity index (χ3n) is 4.49. The molecule has 8 nitrogen and oxygen atoms in total. The van der Waals surface area contributed by atoms with Gasteiger partial charge in [0.2, 0.25) is 0 Å². The van der Waals surface area contributed by atoms with Crippen LogP contribution in [0.1, 0.15) is 55.1 Å². The highest BCUT2D eigenvalue weighted by atomic mass is 35.5. The van der Waals surface area contributed by atoms with E-state index in [9.17, 15) is 14.4 Å². The summed E-state index contributed by atoms with van der Waals surface area (Å²) in [5.41, 5.74) is 0.331. The minimum atomic E-state index is -0.566. The van der Waals surface area contributed by atoms with E-state index in [2.05, 4.69) is 20.6 Å². The second-order valence-electron chi connectivity index (χ2n) is 6.59. The monoisotopic (exact) mass is 395 g/mol. The smallest absolute Gasteiger partial charge is 0.329 e. The molecule has 0 saturated heterocycles. The van der Waals surface area contributed by atoms with Crippen molar-refractivity contribution in [2.45, 2.75) is 45.6 Å². The fourth-order valence-corrected chi connectivity index (χ4v) is 3.03. The van der Waals surface area contributed by atoms with Gasteiger partial charge in [-0.1, -0.05) is 13.8 Å². The van der Waals surface area contributed by atoms with Gasteiger partial charge >= 0.3 is 5.69 Å². The number of nitrogens with zero attached hydrogens (tertiary/aromatic N) is 2. The summed E-state index contributed by atoms with van der Waals surface area (Å²) in [5.74, 6) is -0.0124. The van der Waals surface area contributed by atoms with Gasteiger partial charge < -0.3 is 10.6 Å². The van der Waals surface area contributed by atoms with Crippen LogP contribution in [0.2, 0.25) is 0 Å². The maximum atomic E-state index is 12.7. The summed E-state index contributed by atoms with van der Waals surface area (Å²) in [6, 6.07) is 1.71. The van der Waals surface area contributed by atoms with Crippen LogP contribution in [-0.2, 0) is 6.54 Å². The molecule has 9 heteroatoms. The second kappa shape index (κ2) is 9.14. The molecule has 1 aliphatic carbocycles. The minimum absolute atomic E-state index is 0. The molecule has 3 rings (SSSR count). The molecule has 2 aromatic rings. The zero-order valence-corrected chi connectivity index (χ0v) is 16.4. The number of carbonyl (C=O) groups excluding carboxylic acids is 1. The van der Waals surface area contributed by atoms with Gasteiger partial charge in [0, 0.05) is 31.2 Å². The molecule has 0 bridgehead atoms. The number of H-pyrrole nitrogens is 1. The quantitative estimate of drug-likeness (QED) is 0.580. The summed E-state index contributed by atoms with van der Waals surface area (Å²) in [5, 5.41) is 6.16. The highest BCUT2D eigenvalue weighted by Gasteiger charge is 2.28. The lowest BCUT2D eigenvalue weighted by molar-refractivity contribution is 0.0955. The number of aryl methyl sites for hydroxylation is 1. The average molecular weight is 396 g/mol. The maximum Gasteiger partial charge on any atom is 0.329 e. The van der Waals surface area contributed by atoms with Crippen molar-refractivity contribution in [2.24, 2.45) is 0 Å². The molecule has 0 atom stereocenters. The lowest BCUT2D eigenvalue weighted by atomic mass is 10.1. The van der Waals surface area contributed by atoms with Gasteiger partial charge in [0.05, 0.1) is 10.9 Å². The highest BCUT2D eigenvalue weighted by Crippen LogP contribution is 2.39. The SMILES string of the molecule is CCCn1c(=O)[nH]c(=O)c2c(C(=O)NCCNCC)cc(C3CC3)nc21.Cl. The van der Waals surface area contributed by atoms with Gasteiger partial charge in [0.1, 0.15) is 0 Å². The molecule has 0 aliphatic heterocycles. The zero-order valence-electron chi connectivity index (χ0n) is 15.6. The Kier molecular flexibility index (Phi) is 7.15. The molecule has 1 saturated carbocycles. The Balaban J connectivity index is 0.00000261. The van der Waals surface area contributed by atoms with E-state index in [0.29, 0.717) is 36.8 Å². The van der Waals surface area contributed by atoms with Crippen LogP contribution in [0.5, 0.6) is 0 Å². The van der Waals surface area contributed by atoms with E-state index in [1.165, 1.54) is 4.57 Å². The number of aromatic nitrogens is 3. The van der Waals surface area contributed by atoms with Crippen molar-refractivity contribution in [2.75, 3.05) is 19.6 Å². The van der Waals surface area contributed by atoms with E-state index < -0.39 is 11.2 Å². The van der Waals surface area contributed by atoms with Gasteiger partial charge in [-0.05, 0) is 31.9 Å². The number of rotatable bonds is 8. The van der Waals surface area contributed by atoms with E-state index in [1.807, 2.05) is 13.8 Å². The first kappa shape index (κ1) is 21.1. The number of amides is 1. The number of hydrogen-bond donors (Lipinski definition) is 3. The summed E-state index contributed by atoms with van der Waals surface area (Å²) < 4.78 is 1.46. The van der Waals surface area contributed by atoms with Crippen molar-refractivity contribution in [1.29, 1.82) is 0 Å². The van der Waals surface area contributed by atoms with E-state index in [-0.39, 0.29) is 23.7 Å². The van der Waals surface area contributed by atoms with Crippen LogP contribution in [0.4, 0.5) is 0 Å². The van der Waals surface area contributed by atoms with Crippen LogP contribution in [0.25, 0.3) is 11.0 Å². The zero-order chi connectivity index (χ0) is 18.7. The van der Waals surface area contributed by atoms with Gasteiger partial charge in [-0.15, -0.1) is 12.4 Å². The van der Waals surface area contributed by atoms with E-state index in [1.54, 1.807) is 6.07 Å². The standard InChI is InChI=1S/C18H25N5O3.ClH/c1-3-9-23-15-14(17(25)22-18(23)26)12(10-13(21-15)11-5-6-11)16(24)20-8-7-19-4-2;/h10-11,19H,3-9H2,1-2H3,(H,20,24)(H,22,25,26);1H. The van der Waals surface area contributed by atoms with E-state index in [0.717, 1.165) is 31.5 Å². The lowest BCUT2D eigenvalue weighted by Crippen LogP contribution is -2.35. The Labute approximate surface area is 163 Å². The molecule has 0 unspecified atom stereocenters. The topological polar surface area (TPSA) is 109 Å². The Morgan fingerprint density at radius 3 is 2.67 bits per heavy atom. The van der Waals surface area contributed by atoms with E-state index >= 15 is 0 Å². The number of likely N-dealkylation sites (N-methyl/N-ethyl adjacent to an activating group) is 1. The van der Waals surface area contributed by atoms with Gasteiger partial charge in [-0.25, -0.2) is 9.78 Å². The van der Waals surface area contributed by atoms with Crippen molar-refractivity contribution in [3.63, 3.8) is 0 Å². The van der Waals surface area contributed by atoms with Crippen molar-refractivity contribution in [3.05, 3.63) is 38.2 Å². The van der Waals surface area contributed by atoms with Crippen LogP contribution >= 0.6 is 12.4 Å². The summed E-state index contributed by atoms with van der Waals surface area (Å²) in [6.07, 6.45) is 2.75. The molecule has 27 heavy (non-hydrogen) atoms. The molecule has 0 radical (unpaired) electrons. The maximum absolute atomic E-state index is 12.7. The number of pyridine rings is 1. The van der Waals surface area contributed by atoms with Crippen LogP contribution in [-0.4, -0.2) is 40.1 Å². The number of hydrogen-bond acceptors (Lipinski definition) is 5. The Morgan fingerprint density at radius 2 is 2.04 bits per heavy atom. The summed E-state index contributed by atoms with van der Waals surface area (Å²) in [6.45, 7) is 6.31. The molecule has 1 aliphatic rings. The van der Waals surface area contributed by atoms with Crippen molar-refractivity contribution >= 4 is 29.3 Å². The summed E-state index contributed by atoms with van der Waals surface area (Å²) in [4.78, 5) is 44.3. The second-order valence-corrected chi connectivity index (χ2v) is 6.59. The third kappa shape index (κ3) is 4.56. The number of halogens is 1. The fourth-order valence-electron chi connectivity index (χ4n) is 3.03. The molecule has 148 valence electrons. The normalized spacial score (nSPS) is 13.4. The number of carbonyl (C=O) groups is 1. The summed E-state index contributed by atoms with van der Waals surface area (Å²) in [7, 11) is 0. The molecule has 1 amide bonds. The largest absolute Gasteiger partial charge is 0.351 e. The molecule has 3 N–H and O–H groups in total. The Bertz CT molecular complexity index is 933. The minimum Gasteiger partial charge on any atom is -0.351 e. The van der Waals surface area contributed by atoms with Crippen LogP contribution in [0, 0.1) is 0 Å². The first-order chi connectivity index (χ1) is 12.6. The predicted octanol–water partition coefficient (Wildman–Crippen LogP) is 1.13. The van der Waals surface area contributed by atoms with Crippen LogP contribution in [0.15, 0.2) is 15.7 Å².